The van der Waals surface area contributed by atoms with Crippen LogP contribution in [0.1, 0.15) is 26.3 Å². The molecule has 0 spiro atoms. The van der Waals surface area contributed by atoms with Gasteiger partial charge in [0.2, 0.25) is 5.88 Å². The van der Waals surface area contributed by atoms with Crippen LogP contribution in [0.2, 0.25) is 5.02 Å². The van der Waals surface area contributed by atoms with Gasteiger partial charge < -0.3 is 19.7 Å². The highest BCUT2D eigenvalue weighted by Crippen LogP contribution is 2.40. The van der Waals surface area contributed by atoms with Gasteiger partial charge in [0.15, 0.2) is 0 Å². The van der Waals surface area contributed by atoms with Crippen molar-refractivity contribution in [1.29, 1.82) is 0 Å². The molecule has 150 valence electrons. The van der Waals surface area contributed by atoms with Crippen LogP contribution in [0.25, 0.3) is 21.8 Å². The maximum atomic E-state index is 11.0. The Balaban J connectivity index is 1.84. The Morgan fingerprint density at radius 3 is 2.59 bits per heavy atom. The van der Waals surface area contributed by atoms with E-state index in [-0.39, 0.29) is 11.4 Å². The first-order chi connectivity index (χ1) is 13.8. The predicted octanol–water partition coefficient (Wildman–Crippen LogP) is 5.92. The molecule has 0 fully saturated rings. The molecule has 2 aromatic carbocycles. The van der Waals surface area contributed by atoms with Gasteiger partial charge in [0.05, 0.1) is 34.2 Å². The molecule has 4 aromatic rings. The number of hydrogen-bond acceptors (Lipinski definition) is 4. The summed E-state index contributed by atoms with van der Waals surface area (Å²) < 4.78 is 7.09. The molecule has 0 aliphatic heterocycles. The number of halogens is 1. The lowest BCUT2D eigenvalue weighted by atomic mass is 10.1. The molecule has 4 rings (SSSR count). The van der Waals surface area contributed by atoms with Gasteiger partial charge in [-0.1, -0.05) is 35.9 Å². The van der Waals surface area contributed by atoms with Crippen LogP contribution in [0.3, 0.4) is 0 Å². The van der Waals surface area contributed by atoms with Crippen LogP contribution in [0.4, 0.5) is 5.69 Å². The van der Waals surface area contributed by atoms with E-state index < -0.39 is 0 Å². The summed E-state index contributed by atoms with van der Waals surface area (Å²) in [4.78, 5) is 4.77. The van der Waals surface area contributed by atoms with Gasteiger partial charge in [-0.25, -0.2) is 4.98 Å². The number of benzene rings is 2. The number of methoxy groups -OCH3 is 1. The number of ether oxygens (including phenoxy) is 1. The molecule has 2 heterocycles. The van der Waals surface area contributed by atoms with E-state index >= 15 is 0 Å². The van der Waals surface area contributed by atoms with Crippen molar-refractivity contribution >= 4 is 39.1 Å². The number of aromatic nitrogens is 2. The highest BCUT2D eigenvalue weighted by atomic mass is 35.5. The maximum Gasteiger partial charge on any atom is 0.203 e. The highest BCUT2D eigenvalue weighted by molar-refractivity contribution is 6.32. The molecule has 6 heteroatoms. The Morgan fingerprint density at radius 1 is 1.14 bits per heavy atom. The smallest absolute Gasteiger partial charge is 0.203 e. The summed E-state index contributed by atoms with van der Waals surface area (Å²) in [7, 11) is 1.60. The number of rotatable bonds is 4. The molecule has 0 radical (unpaired) electrons. The number of fused-ring (bicyclic) bond motifs is 2. The number of aromatic hydroxyl groups is 1. The van der Waals surface area contributed by atoms with Gasteiger partial charge in [-0.05, 0) is 44.5 Å². The van der Waals surface area contributed by atoms with Gasteiger partial charge in [0.1, 0.15) is 5.75 Å². The lowest BCUT2D eigenvalue weighted by Crippen LogP contribution is -2.20. The minimum Gasteiger partial charge on any atom is -0.495 e. The van der Waals surface area contributed by atoms with Gasteiger partial charge in [0, 0.05) is 23.7 Å². The molecule has 0 atom stereocenters. The van der Waals surface area contributed by atoms with E-state index in [2.05, 4.69) is 26.1 Å². The van der Waals surface area contributed by atoms with Crippen LogP contribution < -0.4 is 10.1 Å². The first kappa shape index (κ1) is 19.4. The number of hydrogen-bond donors (Lipinski definition) is 2. The van der Waals surface area contributed by atoms with Crippen molar-refractivity contribution in [3.8, 4) is 11.6 Å². The molecule has 29 heavy (non-hydrogen) atoms. The molecule has 2 aromatic heterocycles. The lowest BCUT2D eigenvalue weighted by Gasteiger charge is -2.22. The Labute approximate surface area is 174 Å². The number of nitrogens with zero attached hydrogens (tertiary/aromatic N) is 2. The fourth-order valence-electron chi connectivity index (χ4n) is 3.56. The van der Waals surface area contributed by atoms with Crippen LogP contribution in [-0.2, 0) is 12.1 Å². The van der Waals surface area contributed by atoms with Crippen molar-refractivity contribution in [3.05, 3.63) is 59.2 Å². The average Bonchev–Trinajstić information content (AvgIpc) is 3.02. The molecule has 0 aliphatic carbocycles. The van der Waals surface area contributed by atoms with Crippen molar-refractivity contribution < 1.29 is 9.84 Å². The first-order valence-electron chi connectivity index (χ1n) is 9.49. The molecule has 0 saturated carbocycles. The highest BCUT2D eigenvalue weighted by Gasteiger charge is 2.23. The minimum atomic E-state index is -0.266. The zero-order valence-electron chi connectivity index (χ0n) is 17.0. The second kappa shape index (κ2) is 7.16. The molecular weight excluding hydrogens is 386 g/mol. The van der Waals surface area contributed by atoms with E-state index in [0.29, 0.717) is 17.3 Å². The first-order valence-corrected chi connectivity index (χ1v) is 9.87. The zero-order chi connectivity index (χ0) is 20.8. The van der Waals surface area contributed by atoms with Crippen molar-refractivity contribution in [2.24, 2.45) is 0 Å². The number of para-hydroxylation sites is 1. The summed E-state index contributed by atoms with van der Waals surface area (Å²) in [6.45, 7) is 6.71. The third kappa shape index (κ3) is 3.47. The van der Waals surface area contributed by atoms with E-state index in [1.165, 1.54) is 0 Å². The molecule has 0 amide bonds. The van der Waals surface area contributed by atoms with Gasteiger partial charge in [0.25, 0.3) is 0 Å². The molecule has 0 saturated heterocycles. The summed E-state index contributed by atoms with van der Waals surface area (Å²) in [6.07, 6.45) is 1.91. The number of anilines is 1. The molecule has 2 N–H and O–H groups in total. The Morgan fingerprint density at radius 2 is 1.90 bits per heavy atom. The Bertz CT molecular complexity index is 1210. The van der Waals surface area contributed by atoms with Crippen LogP contribution in [0.5, 0.6) is 11.6 Å². The molecule has 0 aliphatic rings. The fraction of sp³-hybridized carbons (Fsp3) is 0.261. The molecule has 0 bridgehead atoms. The van der Waals surface area contributed by atoms with Crippen molar-refractivity contribution in [1.82, 2.24) is 9.55 Å². The minimum absolute atomic E-state index is 0.209. The summed E-state index contributed by atoms with van der Waals surface area (Å²) in [5.41, 5.74) is 3.24. The van der Waals surface area contributed by atoms with Crippen LogP contribution >= 0.6 is 11.6 Å². The lowest BCUT2D eigenvalue weighted by molar-refractivity contribution is 0.329. The number of nitrogens with one attached hydrogen (secondary N) is 1. The predicted molar refractivity (Wildman–Crippen MR) is 119 cm³/mol. The van der Waals surface area contributed by atoms with Crippen LogP contribution in [-0.4, -0.2) is 21.8 Å². The van der Waals surface area contributed by atoms with Crippen LogP contribution in [0.15, 0.2) is 48.7 Å². The summed E-state index contributed by atoms with van der Waals surface area (Å²) in [6, 6.07) is 13.6. The summed E-state index contributed by atoms with van der Waals surface area (Å²) in [5.74, 6) is 0.855. The van der Waals surface area contributed by atoms with E-state index in [0.717, 1.165) is 33.1 Å². The molecule has 0 unspecified atom stereocenters. The number of pyridine rings is 1. The fourth-order valence-corrected chi connectivity index (χ4v) is 3.84. The molecule has 5 nitrogen and oxygen atoms in total. The quantitative estimate of drug-likeness (QED) is 0.439. The van der Waals surface area contributed by atoms with Crippen molar-refractivity contribution in [3.63, 3.8) is 0 Å². The largest absolute Gasteiger partial charge is 0.495 e. The van der Waals surface area contributed by atoms with E-state index in [9.17, 15) is 5.11 Å². The standard InChI is InChI=1S/C23H24ClN3O2/c1-23(2,3)27-13-18-20(22(27)28)21(15-7-5-6-8-17(15)26-18)25-12-14-9-10-19(29-4)16(24)11-14/h5-11,13,25,28H,12H2,1-4H3. The second-order valence-corrected chi connectivity index (χ2v) is 8.49. The summed E-state index contributed by atoms with van der Waals surface area (Å²) in [5, 5.41) is 16.8. The van der Waals surface area contributed by atoms with E-state index in [1.54, 1.807) is 7.11 Å². The second-order valence-electron chi connectivity index (χ2n) is 8.08. The third-order valence-corrected chi connectivity index (χ3v) is 5.33. The van der Waals surface area contributed by atoms with Gasteiger partial charge in [-0.3, -0.25) is 0 Å². The average molecular weight is 410 g/mol. The topological polar surface area (TPSA) is 59.3 Å². The monoisotopic (exact) mass is 409 g/mol. The van der Waals surface area contributed by atoms with E-state index in [4.69, 9.17) is 21.3 Å². The zero-order valence-corrected chi connectivity index (χ0v) is 17.7. The van der Waals surface area contributed by atoms with Crippen LogP contribution in [0, 0.1) is 0 Å². The third-order valence-electron chi connectivity index (χ3n) is 5.03. The molecular formula is C23H24ClN3O2. The van der Waals surface area contributed by atoms with Gasteiger partial charge in [-0.2, -0.15) is 0 Å². The SMILES string of the molecule is COc1ccc(CNc2c3ccccc3nc3cn(C(C)(C)C)c(O)c23)cc1Cl. The van der Waals surface area contributed by atoms with Crippen molar-refractivity contribution in [2.45, 2.75) is 32.9 Å². The van der Waals surface area contributed by atoms with Crippen molar-refractivity contribution in [2.75, 3.05) is 12.4 Å². The van der Waals surface area contributed by atoms with E-state index in [1.807, 2.05) is 53.2 Å². The maximum absolute atomic E-state index is 11.0. The summed E-state index contributed by atoms with van der Waals surface area (Å²) >= 11 is 6.27. The Hall–Kier alpha value is -2.92. The normalized spacial score (nSPS) is 11.9. The van der Waals surface area contributed by atoms with Gasteiger partial charge >= 0.3 is 0 Å². The van der Waals surface area contributed by atoms with Gasteiger partial charge in [-0.15, -0.1) is 0 Å². The Kier molecular flexibility index (Phi) is 4.79.